The summed E-state index contributed by atoms with van der Waals surface area (Å²) in [6.45, 7) is 2.89. The van der Waals surface area contributed by atoms with Gasteiger partial charge in [-0.25, -0.2) is 4.79 Å². The van der Waals surface area contributed by atoms with Crippen molar-refractivity contribution in [2.45, 2.75) is 25.7 Å². The number of ether oxygens (including phenoxy) is 1. The summed E-state index contributed by atoms with van der Waals surface area (Å²) < 4.78 is 4.93. The van der Waals surface area contributed by atoms with Crippen molar-refractivity contribution in [3.63, 3.8) is 0 Å². The maximum absolute atomic E-state index is 11.5. The van der Waals surface area contributed by atoms with Crippen molar-refractivity contribution in [1.29, 1.82) is 0 Å². The molecule has 1 amide bonds. The van der Waals surface area contributed by atoms with Crippen LogP contribution < -0.4 is 5.32 Å². The Bertz CT molecular complexity index is 439. The van der Waals surface area contributed by atoms with Crippen LogP contribution in [0.2, 0.25) is 0 Å². The average Bonchev–Trinajstić information content (AvgIpc) is 2.39. The monoisotopic (exact) mass is 247 g/mol. The Labute approximate surface area is 106 Å². The molecule has 1 aliphatic heterocycles. The number of hydrogen-bond acceptors (Lipinski definition) is 3. The van der Waals surface area contributed by atoms with Crippen molar-refractivity contribution in [3.8, 4) is 0 Å². The van der Waals surface area contributed by atoms with Gasteiger partial charge in [0.15, 0.2) is 0 Å². The van der Waals surface area contributed by atoms with E-state index >= 15 is 0 Å². The van der Waals surface area contributed by atoms with Gasteiger partial charge < -0.3 is 10.1 Å². The number of amides is 1. The summed E-state index contributed by atoms with van der Waals surface area (Å²) in [5, 5.41) is 2.82. The molecule has 96 valence electrons. The molecule has 1 fully saturated rings. The number of hydrogen-bond donors (Lipinski definition) is 1. The lowest BCUT2D eigenvalue weighted by Crippen LogP contribution is -2.32. The fraction of sp³-hybridized carbons (Fsp3) is 0.429. The summed E-state index contributed by atoms with van der Waals surface area (Å²) in [6, 6.07) is 7.35. The molecule has 1 saturated heterocycles. The third kappa shape index (κ3) is 2.88. The minimum Gasteiger partial charge on any atom is -0.462 e. The smallest absolute Gasteiger partial charge is 0.338 e. The third-order valence-electron chi connectivity index (χ3n) is 3.14. The molecule has 18 heavy (non-hydrogen) atoms. The van der Waals surface area contributed by atoms with E-state index in [4.69, 9.17) is 4.74 Å². The fourth-order valence-electron chi connectivity index (χ4n) is 2.17. The second kappa shape index (κ2) is 5.67. The molecule has 1 aliphatic rings. The van der Waals surface area contributed by atoms with Crippen molar-refractivity contribution in [2.24, 2.45) is 0 Å². The molecule has 0 aliphatic carbocycles. The van der Waals surface area contributed by atoms with Crippen molar-refractivity contribution >= 4 is 11.9 Å². The van der Waals surface area contributed by atoms with Gasteiger partial charge in [-0.3, -0.25) is 4.79 Å². The third-order valence-corrected chi connectivity index (χ3v) is 3.14. The number of rotatable bonds is 3. The summed E-state index contributed by atoms with van der Waals surface area (Å²) >= 11 is 0. The van der Waals surface area contributed by atoms with E-state index in [9.17, 15) is 9.59 Å². The van der Waals surface area contributed by atoms with Gasteiger partial charge >= 0.3 is 5.97 Å². The Balaban J connectivity index is 2.07. The lowest BCUT2D eigenvalue weighted by molar-refractivity contribution is -0.122. The standard InChI is InChI=1S/C14H17NO3/c1-2-18-14(17)11-5-3-10(4-6-11)12-7-8-15-13(16)9-12/h3-6,12H,2,7-9H2,1H3,(H,15,16). The van der Waals surface area contributed by atoms with Crippen LogP contribution in [-0.4, -0.2) is 25.0 Å². The van der Waals surface area contributed by atoms with Gasteiger partial charge in [0.05, 0.1) is 12.2 Å². The van der Waals surface area contributed by atoms with Crippen LogP contribution in [0, 0.1) is 0 Å². The van der Waals surface area contributed by atoms with E-state index < -0.39 is 0 Å². The molecule has 4 nitrogen and oxygen atoms in total. The van der Waals surface area contributed by atoms with E-state index in [0.29, 0.717) is 18.6 Å². The van der Waals surface area contributed by atoms with Crippen LogP contribution in [0.5, 0.6) is 0 Å². The lowest BCUT2D eigenvalue weighted by atomic mass is 9.89. The number of benzene rings is 1. The molecule has 0 aromatic heterocycles. The Morgan fingerprint density at radius 1 is 1.39 bits per heavy atom. The molecule has 4 heteroatoms. The van der Waals surface area contributed by atoms with Crippen LogP contribution in [0.15, 0.2) is 24.3 Å². The molecule has 0 saturated carbocycles. The van der Waals surface area contributed by atoms with Gasteiger partial charge in [0.1, 0.15) is 0 Å². The van der Waals surface area contributed by atoms with E-state index in [1.54, 1.807) is 19.1 Å². The minimum atomic E-state index is -0.301. The molecule has 1 unspecified atom stereocenters. The second-order valence-electron chi connectivity index (χ2n) is 4.38. The molecule has 0 radical (unpaired) electrons. The van der Waals surface area contributed by atoms with Crippen molar-refractivity contribution < 1.29 is 14.3 Å². The van der Waals surface area contributed by atoms with Crippen LogP contribution in [0.25, 0.3) is 0 Å². The Morgan fingerprint density at radius 3 is 2.72 bits per heavy atom. The number of piperidine rings is 1. The zero-order chi connectivity index (χ0) is 13.0. The lowest BCUT2D eigenvalue weighted by Gasteiger charge is -2.22. The normalized spacial score (nSPS) is 19.2. The summed E-state index contributed by atoms with van der Waals surface area (Å²) in [6.07, 6.45) is 1.48. The maximum Gasteiger partial charge on any atom is 0.338 e. The first kappa shape index (κ1) is 12.6. The summed E-state index contributed by atoms with van der Waals surface area (Å²) in [7, 11) is 0. The Morgan fingerprint density at radius 2 is 2.11 bits per heavy atom. The molecular weight excluding hydrogens is 230 g/mol. The molecule has 1 heterocycles. The number of carbonyl (C=O) groups is 2. The average molecular weight is 247 g/mol. The van der Waals surface area contributed by atoms with Crippen LogP contribution in [0.3, 0.4) is 0 Å². The largest absolute Gasteiger partial charge is 0.462 e. The molecule has 1 aromatic carbocycles. The van der Waals surface area contributed by atoms with E-state index in [1.807, 2.05) is 12.1 Å². The second-order valence-corrected chi connectivity index (χ2v) is 4.38. The van der Waals surface area contributed by atoms with Crippen LogP contribution in [0.1, 0.15) is 41.6 Å². The summed E-state index contributed by atoms with van der Waals surface area (Å²) in [4.78, 5) is 22.8. The van der Waals surface area contributed by atoms with Gasteiger partial charge in [-0.2, -0.15) is 0 Å². The molecule has 1 atom stereocenters. The summed E-state index contributed by atoms with van der Waals surface area (Å²) in [5.74, 6) is 0.0566. The van der Waals surface area contributed by atoms with E-state index in [-0.39, 0.29) is 17.8 Å². The Hall–Kier alpha value is -1.84. The summed E-state index contributed by atoms with van der Waals surface area (Å²) in [5.41, 5.74) is 1.67. The zero-order valence-corrected chi connectivity index (χ0v) is 10.4. The highest BCUT2D eigenvalue weighted by Crippen LogP contribution is 2.25. The molecule has 1 N–H and O–H groups in total. The molecule has 1 aromatic rings. The number of carbonyl (C=O) groups excluding carboxylic acids is 2. The fourth-order valence-corrected chi connectivity index (χ4v) is 2.17. The molecule has 0 bridgehead atoms. The predicted octanol–water partition coefficient (Wildman–Crippen LogP) is 1.86. The number of nitrogens with one attached hydrogen (secondary N) is 1. The van der Waals surface area contributed by atoms with Gasteiger partial charge in [-0.05, 0) is 37.0 Å². The van der Waals surface area contributed by atoms with E-state index in [0.717, 1.165) is 18.5 Å². The first-order valence-electron chi connectivity index (χ1n) is 6.24. The van der Waals surface area contributed by atoms with Crippen molar-refractivity contribution in [2.75, 3.05) is 13.2 Å². The predicted molar refractivity (Wildman–Crippen MR) is 67.4 cm³/mol. The quantitative estimate of drug-likeness (QED) is 0.829. The maximum atomic E-state index is 11.5. The Kier molecular flexibility index (Phi) is 3.97. The van der Waals surface area contributed by atoms with Crippen LogP contribution >= 0.6 is 0 Å². The zero-order valence-electron chi connectivity index (χ0n) is 10.4. The van der Waals surface area contributed by atoms with E-state index in [1.165, 1.54) is 0 Å². The van der Waals surface area contributed by atoms with Gasteiger partial charge in [0.25, 0.3) is 0 Å². The van der Waals surface area contributed by atoms with E-state index in [2.05, 4.69) is 5.32 Å². The number of esters is 1. The van der Waals surface area contributed by atoms with Crippen molar-refractivity contribution in [3.05, 3.63) is 35.4 Å². The highest BCUT2D eigenvalue weighted by Gasteiger charge is 2.20. The first-order chi connectivity index (χ1) is 8.70. The SMILES string of the molecule is CCOC(=O)c1ccc(C2CCNC(=O)C2)cc1. The highest BCUT2D eigenvalue weighted by atomic mass is 16.5. The van der Waals surface area contributed by atoms with Crippen molar-refractivity contribution in [1.82, 2.24) is 5.32 Å². The van der Waals surface area contributed by atoms with Gasteiger partial charge in [0, 0.05) is 13.0 Å². The van der Waals surface area contributed by atoms with Gasteiger partial charge in [-0.1, -0.05) is 12.1 Å². The molecule has 2 rings (SSSR count). The van der Waals surface area contributed by atoms with Crippen LogP contribution in [0.4, 0.5) is 0 Å². The molecular formula is C14H17NO3. The van der Waals surface area contributed by atoms with Crippen LogP contribution in [-0.2, 0) is 9.53 Å². The molecule has 0 spiro atoms. The topological polar surface area (TPSA) is 55.4 Å². The first-order valence-corrected chi connectivity index (χ1v) is 6.24. The highest BCUT2D eigenvalue weighted by molar-refractivity contribution is 5.89. The van der Waals surface area contributed by atoms with Gasteiger partial charge in [-0.15, -0.1) is 0 Å². The van der Waals surface area contributed by atoms with Gasteiger partial charge in [0.2, 0.25) is 5.91 Å². The minimum absolute atomic E-state index is 0.0979.